The number of nitrogens with zero attached hydrogens (tertiary/aromatic N) is 4. The molecule has 1 aromatic carbocycles. The van der Waals surface area contributed by atoms with Crippen LogP contribution in [0.15, 0.2) is 36.7 Å². The third-order valence-corrected chi connectivity index (χ3v) is 5.12. The number of carbonyl (C=O) groups is 1. The molecule has 0 bridgehead atoms. The quantitative estimate of drug-likeness (QED) is 0.719. The molecule has 0 aliphatic carbocycles. The maximum atomic E-state index is 13.0. The smallest absolute Gasteiger partial charge is 0.282 e. The highest BCUT2D eigenvalue weighted by atomic mass is 19.3. The Balaban J connectivity index is 1.38. The second-order valence-electron chi connectivity index (χ2n) is 7.50. The zero-order valence-electron chi connectivity index (χ0n) is 16.8. The molecule has 0 radical (unpaired) electrons. The minimum atomic E-state index is -2.79. The van der Waals surface area contributed by atoms with Crippen LogP contribution in [-0.4, -0.2) is 65.6 Å². The Morgan fingerprint density at radius 2 is 1.90 bits per heavy atom. The lowest BCUT2D eigenvalue weighted by Crippen LogP contribution is -2.58. The molecular weight excluding hydrogens is 394 g/mol. The predicted octanol–water partition coefficient (Wildman–Crippen LogP) is 3.01. The number of benzene rings is 1. The number of piperidine rings is 1. The Kier molecular flexibility index (Phi) is 5.69. The highest BCUT2D eigenvalue weighted by molar-refractivity contribution is 5.94. The van der Waals surface area contributed by atoms with Crippen LogP contribution in [0.4, 0.5) is 14.7 Å². The molecule has 1 amide bonds. The molecule has 1 atom stereocenters. The van der Waals surface area contributed by atoms with Crippen LogP contribution in [-0.2, 0) is 0 Å². The standard InChI is InChI=1S/C21H24F2N4O3/c1-2-29-17-7-3-4-8-18(17)30-16-6-5-9-26(12-16)20-24-10-15(11-25-20)19(28)27-13-21(22,23)14-27/h3-4,7-8,10-11,16H,2,5-6,9,12-14H2,1H3. The van der Waals surface area contributed by atoms with Gasteiger partial charge in [0.1, 0.15) is 6.10 Å². The van der Waals surface area contributed by atoms with Crippen molar-refractivity contribution in [3.8, 4) is 11.5 Å². The van der Waals surface area contributed by atoms with E-state index in [0.717, 1.165) is 24.3 Å². The van der Waals surface area contributed by atoms with Crippen molar-refractivity contribution in [3.63, 3.8) is 0 Å². The molecule has 0 spiro atoms. The summed E-state index contributed by atoms with van der Waals surface area (Å²) in [7, 11) is 0. The largest absolute Gasteiger partial charge is 0.490 e. The number of hydrogen-bond donors (Lipinski definition) is 0. The van der Waals surface area contributed by atoms with Crippen molar-refractivity contribution in [2.75, 3.05) is 37.7 Å². The molecule has 0 N–H and O–H groups in total. The van der Waals surface area contributed by atoms with Crippen LogP contribution < -0.4 is 14.4 Å². The van der Waals surface area contributed by atoms with E-state index in [1.54, 1.807) is 0 Å². The summed E-state index contributed by atoms with van der Waals surface area (Å²) in [5.41, 5.74) is 0.213. The number of para-hydroxylation sites is 2. The summed E-state index contributed by atoms with van der Waals surface area (Å²) >= 11 is 0. The second kappa shape index (κ2) is 8.41. The second-order valence-corrected chi connectivity index (χ2v) is 7.50. The number of aromatic nitrogens is 2. The molecule has 30 heavy (non-hydrogen) atoms. The molecule has 4 rings (SSSR count). The van der Waals surface area contributed by atoms with Crippen LogP contribution in [0.5, 0.6) is 11.5 Å². The Hall–Kier alpha value is -2.97. The van der Waals surface area contributed by atoms with E-state index < -0.39 is 24.9 Å². The average Bonchev–Trinajstić information content (AvgIpc) is 2.73. The molecule has 0 saturated carbocycles. The number of anilines is 1. The topological polar surface area (TPSA) is 67.8 Å². The summed E-state index contributed by atoms with van der Waals surface area (Å²) < 4.78 is 37.8. The Morgan fingerprint density at radius 3 is 2.57 bits per heavy atom. The molecule has 3 heterocycles. The van der Waals surface area contributed by atoms with Gasteiger partial charge in [0.2, 0.25) is 5.95 Å². The lowest BCUT2D eigenvalue weighted by molar-refractivity contribution is -0.113. The minimum absolute atomic E-state index is 0.0476. The molecule has 2 saturated heterocycles. The van der Waals surface area contributed by atoms with Gasteiger partial charge in [0, 0.05) is 18.9 Å². The van der Waals surface area contributed by atoms with Crippen molar-refractivity contribution in [2.24, 2.45) is 0 Å². The van der Waals surface area contributed by atoms with E-state index >= 15 is 0 Å². The zero-order chi connectivity index (χ0) is 21.1. The molecule has 2 aliphatic rings. The first-order chi connectivity index (χ1) is 14.4. The number of hydrogen-bond acceptors (Lipinski definition) is 6. The third kappa shape index (κ3) is 4.44. The van der Waals surface area contributed by atoms with E-state index in [0.29, 0.717) is 30.6 Å². The first kappa shape index (κ1) is 20.3. The predicted molar refractivity (Wildman–Crippen MR) is 106 cm³/mol. The zero-order valence-corrected chi connectivity index (χ0v) is 16.8. The monoisotopic (exact) mass is 418 g/mol. The summed E-state index contributed by atoms with van der Waals surface area (Å²) in [6, 6.07) is 7.58. The number of carbonyl (C=O) groups excluding carboxylic acids is 1. The Bertz CT molecular complexity index is 886. The van der Waals surface area contributed by atoms with Crippen LogP contribution >= 0.6 is 0 Å². The average molecular weight is 418 g/mol. The van der Waals surface area contributed by atoms with Gasteiger partial charge in [-0.25, -0.2) is 18.7 Å². The van der Waals surface area contributed by atoms with Gasteiger partial charge in [0.15, 0.2) is 11.5 Å². The number of likely N-dealkylation sites (tertiary alicyclic amines) is 1. The number of rotatable bonds is 6. The van der Waals surface area contributed by atoms with Crippen molar-refractivity contribution >= 4 is 11.9 Å². The molecule has 1 aromatic heterocycles. The van der Waals surface area contributed by atoms with Gasteiger partial charge in [-0.15, -0.1) is 0 Å². The van der Waals surface area contributed by atoms with Gasteiger partial charge < -0.3 is 19.3 Å². The molecule has 7 nitrogen and oxygen atoms in total. The normalized spacial score (nSPS) is 20.4. The lowest BCUT2D eigenvalue weighted by atomic mass is 10.1. The van der Waals surface area contributed by atoms with Crippen molar-refractivity contribution in [1.82, 2.24) is 14.9 Å². The van der Waals surface area contributed by atoms with E-state index in [2.05, 4.69) is 9.97 Å². The Labute approximate surface area is 173 Å². The molecule has 9 heteroatoms. The van der Waals surface area contributed by atoms with E-state index in [1.807, 2.05) is 36.1 Å². The van der Waals surface area contributed by atoms with E-state index in [9.17, 15) is 13.6 Å². The lowest BCUT2D eigenvalue weighted by Gasteiger charge is -2.38. The summed E-state index contributed by atoms with van der Waals surface area (Å²) in [5, 5.41) is 0. The number of alkyl halides is 2. The third-order valence-electron chi connectivity index (χ3n) is 5.12. The van der Waals surface area contributed by atoms with Gasteiger partial charge in [-0.05, 0) is 31.9 Å². The van der Waals surface area contributed by atoms with E-state index in [4.69, 9.17) is 9.47 Å². The SMILES string of the molecule is CCOc1ccccc1OC1CCCN(c2ncc(C(=O)N3CC(F)(F)C3)cn2)C1. The minimum Gasteiger partial charge on any atom is -0.490 e. The molecule has 160 valence electrons. The fraction of sp³-hybridized carbons (Fsp3) is 0.476. The van der Waals surface area contributed by atoms with Crippen LogP contribution in [0, 0.1) is 0 Å². The molecular formula is C21H24F2N4O3. The summed E-state index contributed by atoms with van der Waals surface area (Å²) in [5.74, 6) is -1.35. The number of halogens is 2. The first-order valence-corrected chi connectivity index (χ1v) is 10.1. The fourth-order valence-electron chi connectivity index (χ4n) is 3.65. The van der Waals surface area contributed by atoms with Crippen molar-refractivity contribution in [3.05, 3.63) is 42.2 Å². The van der Waals surface area contributed by atoms with E-state index in [1.165, 1.54) is 12.4 Å². The van der Waals surface area contributed by atoms with Crippen molar-refractivity contribution < 1.29 is 23.0 Å². The van der Waals surface area contributed by atoms with Gasteiger partial charge in [0.25, 0.3) is 11.8 Å². The number of ether oxygens (including phenoxy) is 2. The van der Waals surface area contributed by atoms with Gasteiger partial charge in [0.05, 0.1) is 31.8 Å². The summed E-state index contributed by atoms with van der Waals surface area (Å²) in [6.07, 6.45) is 4.56. The fourth-order valence-corrected chi connectivity index (χ4v) is 3.65. The highest BCUT2D eigenvalue weighted by Gasteiger charge is 2.46. The van der Waals surface area contributed by atoms with Gasteiger partial charge in [-0.2, -0.15) is 0 Å². The first-order valence-electron chi connectivity index (χ1n) is 10.1. The van der Waals surface area contributed by atoms with Crippen LogP contribution in [0.1, 0.15) is 30.1 Å². The Morgan fingerprint density at radius 1 is 1.20 bits per heavy atom. The molecule has 2 aliphatic heterocycles. The maximum absolute atomic E-state index is 13.0. The van der Waals surface area contributed by atoms with Gasteiger partial charge in [-0.1, -0.05) is 12.1 Å². The highest BCUT2D eigenvalue weighted by Crippen LogP contribution is 2.30. The van der Waals surface area contributed by atoms with Crippen LogP contribution in [0.2, 0.25) is 0 Å². The summed E-state index contributed by atoms with van der Waals surface area (Å²) in [6.45, 7) is 2.76. The molecule has 2 aromatic rings. The van der Waals surface area contributed by atoms with Gasteiger partial charge >= 0.3 is 0 Å². The molecule has 2 fully saturated rings. The van der Waals surface area contributed by atoms with Crippen molar-refractivity contribution in [1.29, 1.82) is 0 Å². The molecule has 1 unspecified atom stereocenters. The van der Waals surface area contributed by atoms with Crippen LogP contribution in [0.3, 0.4) is 0 Å². The van der Waals surface area contributed by atoms with Crippen LogP contribution in [0.25, 0.3) is 0 Å². The summed E-state index contributed by atoms with van der Waals surface area (Å²) in [4.78, 5) is 23.9. The maximum Gasteiger partial charge on any atom is 0.282 e. The number of amides is 1. The van der Waals surface area contributed by atoms with Gasteiger partial charge in [-0.3, -0.25) is 4.79 Å². The van der Waals surface area contributed by atoms with E-state index in [-0.39, 0.29) is 11.7 Å². The van der Waals surface area contributed by atoms with Crippen molar-refractivity contribution in [2.45, 2.75) is 31.8 Å².